The first-order valence-electron chi connectivity index (χ1n) is 6.49. The van der Waals surface area contributed by atoms with Crippen LogP contribution in [0.3, 0.4) is 0 Å². The molecule has 0 spiro atoms. The minimum absolute atomic E-state index is 0.0153. The Morgan fingerprint density at radius 3 is 2.89 bits per heavy atom. The van der Waals surface area contributed by atoms with Gasteiger partial charge in [-0.05, 0) is 25.5 Å². The lowest BCUT2D eigenvalue weighted by molar-refractivity contribution is 0.388. The molecule has 0 amide bonds. The van der Waals surface area contributed by atoms with E-state index in [1.807, 2.05) is 36.1 Å². The van der Waals surface area contributed by atoms with Gasteiger partial charge in [0.1, 0.15) is 17.6 Å². The van der Waals surface area contributed by atoms with E-state index in [0.29, 0.717) is 6.04 Å². The summed E-state index contributed by atoms with van der Waals surface area (Å²) >= 11 is 0. The molecule has 0 bridgehead atoms. The van der Waals surface area contributed by atoms with Crippen LogP contribution >= 0.6 is 0 Å². The highest BCUT2D eigenvalue weighted by Gasteiger charge is 2.22. The quantitative estimate of drug-likeness (QED) is 0.853. The Labute approximate surface area is 108 Å². The standard InChI is InChI=1S/C14H21N3O/c1-4-6-11(2)16-13(12-7-5-10-18-12)14-15-8-9-17(14)3/h5,7-11,13,16H,4,6H2,1-3H3. The Morgan fingerprint density at radius 1 is 1.50 bits per heavy atom. The van der Waals surface area contributed by atoms with Gasteiger partial charge in [-0.3, -0.25) is 5.32 Å². The fourth-order valence-corrected chi connectivity index (χ4v) is 2.20. The van der Waals surface area contributed by atoms with Crippen molar-refractivity contribution in [3.05, 3.63) is 42.4 Å². The van der Waals surface area contributed by atoms with Crippen LogP contribution in [0.1, 0.15) is 44.3 Å². The van der Waals surface area contributed by atoms with E-state index >= 15 is 0 Å². The molecule has 18 heavy (non-hydrogen) atoms. The molecule has 2 aromatic rings. The number of rotatable bonds is 6. The number of nitrogens with zero attached hydrogens (tertiary/aromatic N) is 2. The molecule has 2 heterocycles. The third-order valence-corrected chi connectivity index (χ3v) is 3.12. The molecule has 4 heteroatoms. The van der Waals surface area contributed by atoms with Gasteiger partial charge < -0.3 is 8.98 Å². The fourth-order valence-electron chi connectivity index (χ4n) is 2.20. The summed E-state index contributed by atoms with van der Waals surface area (Å²) in [5.74, 6) is 1.89. The minimum Gasteiger partial charge on any atom is -0.467 e. The molecule has 0 aromatic carbocycles. The Hall–Kier alpha value is -1.55. The van der Waals surface area contributed by atoms with Gasteiger partial charge in [0.05, 0.1) is 6.26 Å². The maximum atomic E-state index is 5.54. The van der Waals surface area contributed by atoms with Crippen molar-refractivity contribution in [1.82, 2.24) is 14.9 Å². The lowest BCUT2D eigenvalue weighted by Gasteiger charge is -2.21. The zero-order valence-corrected chi connectivity index (χ0v) is 11.3. The molecule has 4 nitrogen and oxygen atoms in total. The second-order valence-corrected chi connectivity index (χ2v) is 4.70. The van der Waals surface area contributed by atoms with Gasteiger partial charge >= 0.3 is 0 Å². The van der Waals surface area contributed by atoms with Crippen molar-refractivity contribution in [3.8, 4) is 0 Å². The second kappa shape index (κ2) is 5.87. The summed E-state index contributed by atoms with van der Waals surface area (Å²) in [6.07, 6.45) is 7.79. The summed E-state index contributed by atoms with van der Waals surface area (Å²) in [6.45, 7) is 4.39. The largest absolute Gasteiger partial charge is 0.467 e. The summed E-state index contributed by atoms with van der Waals surface area (Å²) in [6, 6.07) is 4.35. The maximum absolute atomic E-state index is 5.54. The number of aromatic nitrogens is 2. The van der Waals surface area contributed by atoms with E-state index in [-0.39, 0.29) is 6.04 Å². The molecule has 0 saturated heterocycles. The van der Waals surface area contributed by atoms with Crippen molar-refractivity contribution in [3.63, 3.8) is 0 Å². The van der Waals surface area contributed by atoms with Gasteiger partial charge in [-0.25, -0.2) is 4.98 Å². The van der Waals surface area contributed by atoms with Crippen LogP contribution in [-0.2, 0) is 7.05 Å². The zero-order valence-electron chi connectivity index (χ0n) is 11.3. The van der Waals surface area contributed by atoms with Crippen molar-refractivity contribution in [2.45, 2.75) is 38.8 Å². The topological polar surface area (TPSA) is 43.0 Å². The van der Waals surface area contributed by atoms with Gasteiger partial charge in [-0.15, -0.1) is 0 Å². The highest BCUT2D eigenvalue weighted by atomic mass is 16.3. The summed E-state index contributed by atoms with van der Waals surface area (Å²) in [5.41, 5.74) is 0. The van der Waals surface area contributed by atoms with Gasteiger partial charge in [0, 0.05) is 25.5 Å². The molecule has 0 aliphatic carbocycles. The predicted molar refractivity (Wildman–Crippen MR) is 71.3 cm³/mol. The summed E-state index contributed by atoms with van der Waals surface area (Å²) < 4.78 is 7.56. The SMILES string of the molecule is CCCC(C)NC(c1ccco1)c1nccn1C. The average molecular weight is 247 g/mol. The van der Waals surface area contributed by atoms with Gasteiger partial charge in [0.25, 0.3) is 0 Å². The van der Waals surface area contributed by atoms with Crippen LogP contribution < -0.4 is 5.32 Å². The van der Waals surface area contributed by atoms with Crippen LogP contribution in [0.15, 0.2) is 35.2 Å². The monoisotopic (exact) mass is 247 g/mol. The molecule has 1 N–H and O–H groups in total. The normalized spacial score (nSPS) is 14.6. The molecule has 0 aliphatic heterocycles. The maximum Gasteiger partial charge on any atom is 0.133 e. The highest BCUT2D eigenvalue weighted by Crippen LogP contribution is 2.21. The van der Waals surface area contributed by atoms with E-state index in [2.05, 4.69) is 24.1 Å². The average Bonchev–Trinajstić information content (AvgIpc) is 2.97. The van der Waals surface area contributed by atoms with Crippen molar-refractivity contribution < 1.29 is 4.42 Å². The second-order valence-electron chi connectivity index (χ2n) is 4.70. The Balaban J connectivity index is 2.22. The molecule has 0 fully saturated rings. The van der Waals surface area contributed by atoms with Gasteiger partial charge in [-0.1, -0.05) is 13.3 Å². The Bertz CT molecular complexity index is 461. The first-order valence-corrected chi connectivity index (χ1v) is 6.49. The van der Waals surface area contributed by atoms with Crippen LogP contribution in [0.4, 0.5) is 0 Å². The van der Waals surface area contributed by atoms with Crippen molar-refractivity contribution in [2.75, 3.05) is 0 Å². The molecule has 0 saturated carbocycles. The first kappa shape index (κ1) is 12.9. The summed E-state index contributed by atoms with van der Waals surface area (Å²) in [7, 11) is 2.00. The Morgan fingerprint density at radius 2 is 2.33 bits per heavy atom. The van der Waals surface area contributed by atoms with Crippen molar-refractivity contribution in [2.24, 2.45) is 7.05 Å². The van der Waals surface area contributed by atoms with E-state index in [0.717, 1.165) is 18.0 Å². The summed E-state index contributed by atoms with van der Waals surface area (Å²) in [4.78, 5) is 4.43. The minimum atomic E-state index is 0.0153. The molecular weight excluding hydrogens is 226 g/mol. The smallest absolute Gasteiger partial charge is 0.133 e. The van der Waals surface area contributed by atoms with E-state index in [9.17, 15) is 0 Å². The Kier molecular flexibility index (Phi) is 4.20. The molecule has 0 aliphatic rings. The molecule has 2 rings (SSSR count). The van der Waals surface area contributed by atoms with Crippen LogP contribution in [0.2, 0.25) is 0 Å². The van der Waals surface area contributed by atoms with Crippen molar-refractivity contribution >= 4 is 0 Å². The third kappa shape index (κ3) is 2.82. The number of hydrogen-bond donors (Lipinski definition) is 1. The van der Waals surface area contributed by atoms with Crippen LogP contribution in [-0.4, -0.2) is 15.6 Å². The van der Waals surface area contributed by atoms with Gasteiger partial charge in [-0.2, -0.15) is 0 Å². The van der Waals surface area contributed by atoms with Crippen LogP contribution in [0, 0.1) is 0 Å². The van der Waals surface area contributed by atoms with E-state index < -0.39 is 0 Å². The van der Waals surface area contributed by atoms with Gasteiger partial charge in [0.15, 0.2) is 0 Å². The summed E-state index contributed by atoms with van der Waals surface area (Å²) in [5, 5.41) is 3.59. The van der Waals surface area contributed by atoms with E-state index in [1.165, 1.54) is 6.42 Å². The van der Waals surface area contributed by atoms with Gasteiger partial charge in [0.2, 0.25) is 0 Å². The van der Waals surface area contributed by atoms with Crippen LogP contribution in [0.5, 0.6) is 0 Å². The molecule has 0 radical (unpaired) electrons. The molecule has 2 atom stereocenters. The number of imidazole rings is 1. The van der Waals surface area contributed by atoms with Crippen molar-refractivity contribution in [1.29, 1.82) is 0 Å². The molecule has 2 unspecified atom stereocenters. The lowest BCUT2D eigenvalue weighted by Crippen LogP contribution is -2.32. The molecular formula is C14H21N3O. The fraction of sp³-hybridized carbons (Fsp3) is 0.500. The molecule has 2 aromatic heterocycles. The van der Waals surface area contributed by atoms with E-state index in [4.69, 9.17) is 4.42 Å². The number of furan rings is 1. The number of hydrogen-bond acceptors (Lipinski definition) is 3. The number of nitrogens with one attached hydrogen (secondary N) is 1. The highest BCUT2D eigenvalue weighted by molar-refractivity contribution is 5.15. The molecule has 98 valence electrons. The zero-order chi connectivity index (χ0) is 13.0. The predicted octanol–water partition coefficient (Wildman–Crippen LogP) is 2.88. The van der Waals surface area contributed by atoms with Crippen LogP contribution in [0.25, 0.3) is 0 Å². The number of aryl methyl sites for hydroxylation is 1. The van der Waals surface area contributed by atoms with E-state index in [1.54, 1.807) is 6.26 Å². The third-order valence-electron chi connectivity index (χ3n) is 3.12. The lowest BCUT2D eigenvalue weighted by atomic mass is 10.1. The first-order chi connectivity index (χ1) is 8.72.